The Morgan fingerprint density at radius 3 is 2.00 bits per heavy atom. The van der Waals surface area contributed by atoms with Gasteiger partial charge in [-0.2, -0.15) is 0 Å². The van der Waals surface area contributed by atoms with Gasteiger partial charge in [-0.3, -0.25) is 4.79 Å². The fourth-order valence-corrected chi connectivity index (χ4v) is 14.7. The Hall–Kier alpha value is -1.43. The summed E-state index contributed by atoms with van der Waals surface area (Å²) in [5.41, 5.74) is -1.23. The summed E-state index contributed by atoms with van der Waals surface area (Å²) in [5, 5.41) is 116. The average Bonchev–Trinajstić information content (AvgIpc) is 3.26. The van der Waals surface area contributed by atoms with E-state index in [4.69, 9.17) is 28.4 Å². The molecule has 8 rings (SSSR count). The largest absolute Gasteiger partial charge is 0.432 e. The minimum absolute atomic E-state index is 0.0557. The summed E-state index contributed by atoms with van der Waals surface area (Å²) in [6.45, 7) is 12.1. The van der Waals surface area contributed by atoms with E-state index in [1.54, 1.807) is 0 Å². The van der Waals surface area contributed by atoms with Gasteiger partial charge in [0.25, 0.3) is 0 Å². The van der Waals surface area contributed by atoms with E-state index in [1.807, 2.05) is 0 Å². The molecule has 7 fully saturated rings. The van der Waals surface area contributed by atoms with E-state index >= 15 is 0 Å². The Balaban J connectivity index is 1.02. The van der Waals surface area contributed by atoms with E-state index in [0.717, 1.165) is 38.5 Å². The van der Waals surface area contributed by atoms with Crippen LogP contribution in [0.25, 0.3) is 0 Å². The van der Waals surface area contributed by atoms with Crippen LogP contribution >= 0.6 is 0 Å². The third-order valence-electron chi connectivity index (χ3n) is 19.0. The van der Waals surface area contributed by atoms with Gasteiger partial charge in [-0.1, -0.05) is 53.2 Å². The van der Waals surface area contributed by atoms with Crippen molar-refractivity contribution in [2.24, 2.45) is 50.2 Å². The molecule has 0 amide bonds. The van der Waals surface area contributed by atoms with Gasteiger partial charge in [0.05, 0.1) is 37.9 Å². The zero-order chi connectivity index (χ0) is 47.4. The Labute approximate surface area is 380 Å². The molecule has 65 heavy (non-hydrogen) atoms. The number of allylic oxidation sites excluding steroid dienone is 2. The van der Waals surface area contributed by atoms with Crippen LogP contribution in [0.15, 0.2) is 11.6 Å². The highest BCUT2D eigenvalue weighted by atomic mass is 16.7. The van der Waals surface area contributed by atoms with Crippen LogP contribution in [-0.4, -0.2) is 181 Å². The maximum atomic E-state index is 14.9. The Morgan fingerprint density at radius 2 is 1.32 bits per heavy atom. The van der Waals surface area contributed by atoms with Crippen molar-refractivity contribution in [1.82, 2.24) is 0 Å². The van der Waals surface area contributed by atoms with Gasteiger partial charge in [0, 0.05) is 5.41 Å². The molecule has 0 aromatic carbocycles. The molecular weight excluding hydrogens is 852 g/mol. The second-order valence-corrected chi connectivity index (χ2v) is 22.9. The second-order valence-electron chi connectivity index (χ2n) is 22.9. The highest BCUT2D eigenvalue weighted by Crippen LogP contribution is 2.76. The summed E-state index contributed by atoms with van der Waals surface area (Å²) in [6, 6.07) is 0. The van der Waals surface area contributed by atoms with Crippen molar-refractivity contribution in [2.75, 3.05) is 26.4 Å². The van der Waals surface area contributed by atoms with Crippen LogP contribution in [0.1, 0.15) is 106 Å². The number of aliphatic hydroxyl groups is 11. The summed E-state index contributed by atoms with van der Waals surface area (Å²) >= 11 is 0. The molecule has 2 unspecified atom stereocenters. The van der Waals surface area contributed by atoms with Crippen LogP contribution in [0.2, 0.25) is 0 Å². The lowest BCUT2D eigenvalue weighted by molar-refractivity contribution is -0.328. The summed E-state index contributed by atoms with van der Waals surface area (Å²) in [6.07, 6.45) is -12.5. The molecule has 0 radical (unpaired) electrons. The van der Waals surface area contributed by atoms with E-state index in [9.17, 15) is 61.0 Å². The molecular formula is C47H76O18. The first-order valence-electron chi connectivity index (χ1n) is 23.9. The quantitative estimate of drug-likeness (QED) is 0.0808. The standard InChI is InChI=1S/C47H76O18/c1-42(2)13-15-47(41(59)65-40-37(58)34(55)32(53)26(63-40)20-61-38-36(57)33(54)31(52)25(18-48)62-38)16-14-45(5)22(23(47)17-42)7-8-28-43(3)11-10-29(64-39-35(56)30(51)24(50)19-60-39)44(4,21-49)27(43)9-12-46(28,45)6/h7,23-40,48-58H,8-21H2,1-6H3/t23-,24-,25+,26+,27+,28+,29-,30-,31+,32+,33-,34-,35+,36+,37+,38?,39-,40-,43-,44-,45+,46+,47?/m0/s1. The van der Waals surface area contributed by atoms with Gasteiger partial charge < -0.3 is 84.6 Å². The third kappa shape index (κ3) is 7.89. The van der Waals surface area contributed by atoms with Crippen LogP contribution < -0.4 is 0 Å². The highest BCUT2D eigenvalue weighted by Gasteiger charge is 2.70. The zero-order valence-corrected chi connectivity index (χ0v) is 38.6. The van der Waals surface area contributed by atoms with Crippen LogP contribution in [0.4, 0.5) is 0 Å². The van der Waals surface area contributed by atoms with Crippen molar-refractivity contribution in [2.45, 2.75) is 198 Å². The zero-order valence-electron chi connectivity index (χ0n) is 38.6. The predicted octanol–water partition coefficient (Wildman–Crippen LogP) is -0.248. The lowest BCUT2D eigenvalue weighted by Crippen LogP contribution is -2.67. The number of hydrogen-bond acceptors (Lipinski definition) is 18. The van der Waals surface area contributed by atoms with Gasteiger partial charge >= 0.3 is 5.97 Å². The van der Waals surface area contributed by atoms with Crippen LogP contribution in [-0.2, 0) is 33.2 Å². The predicted molar refractivity (Wildman–Crippen MR) is 226 cm³/mol. The highest BCUT2D eigenvalue weighted by molar-refractivity contribution is 5.79. The average molecular weight is 929 g/mol. The maximum absolute atomic E-state index is 14.9. The van der Waals surface area contributed by atoms with Gasteiger partial charge in [-0.05, 0) is 104 Å². The monoisotopic (exact) mass is 929 g/mol. The van der Waals surface area contributed by atoms with E-state index < -0.39 is 122 Å². The molecule has 3 heterocycles. The molecule has 5 aliphatic carbocycles. The third-order valence-corrected chi connectivity index (χ3v) is 19.0. The summed E-state index contributed by atoms with van der Waals surface area (Å²) in [5.74, 6) is -0.485. The number of fused-ring (bicyclic) bond motifs is 7. The molecule has 18 heteroatoms. The molecule has 0 aromatic heterocycles. The van der Waals surface area contributed by atoms with E-state index in [1.165, 1.54) is 5.57 Å². The Kier molecular flexibility index (Phi) is 13.7. The van der Waals surface area contributed by atoms with E-state index in [0.29, 0.717) is 25.7 Å². The number of ether oxygens (including phenoxy) is 6. The van der Waals surface area contributed by atoms with Crippen LogP contribution in [0.3, 0.4) is 0 Å². The van der Waals surface area contributed by atoms with Crippen LogP contribution in [0, 0.1) is 50.2 Å². The van der Waals surface area contributed by atoms with Crippen molar-refractivity contribution in [3.63, 3.8) is 0 Å². The topological polar surface area (TPSA) is 295 Å². The maximum Gasteiger partial charge on any atom is 0.315 e. The first-order valence-corrected chi connectivity index (χ1v) is 23.9. The molecule has 3 saturated heterocycles. The van der Waals surface area contributed by atoms with E-state index in [2.05, 4.69) is 47.6 Å². The van der Waals surface area contributed by atoms with Crippen molar-refractivity contribution in [1.29, 1.82) is 0 Å². The molecule has 0 bridgehead atoms. The van der Waals surface area contributed by atoms with Gasteiger partial charge in [0.15, 0.2) is 12.6 Å². The summed E-state index contributed by atoms with van der Waals surface area (Å²) in [7, 11) is 0. The SMILES string of the molecule is CC1(C)CCC2(C(=O)O[C@@H]3O[C@H](COC4O[C@H](CO)[C@@H](O)[C@H](O)[C@H]4O)[C@@H](O)[C@H](O)[C@H]3O)CC[C@]3(C)C(=CC[C@@H]4[C@@]5(C)CC[C@H](O[C@@H]6OC[C@H](O)[C@H](O)[C@H]6O)[C@@](C)(CO)[C@@H]5CC[C@]43C)[C@@H]2C1. The molecule has 3 aliphatic heterocycles. The summed E-state index contributed by atoms with van der Waals surface area (Å²) < 4.78 is 35.2. The fourth-order valence-electron chi connectivity index (χ4n) is 14.7. The van der Waals surface area contributed by atoms with Crippen molar-refractivity contribution in [3.8, 4) is 0 Å². The fraction of sp³-hybridized carbons (Fsp3) is 0.936. The number of esters is 1. The Bertz CT molecular complexity index is 1760. The number of hydrogen-bond donors (Lipinski definition) is 11. The number of aliphatic hydroxyl groups excluding tert-OH is 11. The second kappa shape index (κ2) is 17.8. The minimum atomic E-state index is -1.81. The number of carbonyl (C=O) groups excluding carboxylic acids is 1. The van der Waals surface area contributed by atoms with E-state index in [-0.39, 0.29) is 52.6 Å². The lowest BCUT2D eigenvalue weighted by atomic mass is 9.33. The smallest absolute Gasteiger partial charge is 0.315 e. The molecule has 18 nitrogen and oxygen atoms in total. The molecule has 8 aliphatic rings. The number of rotatable bonds is 9. The first kappa shape index (κ1) is 50.0. The van der Waals surface area contributed by atoms with Gasteiger partial charge in [0.1, 0.15) is 67.1 Å². The van der Waals surface area contributed by atoms with Gasteiger partial charge in [-0.25, -0.2) is 0 Å². The minimum Gasteiger partial charge on any atom is -0.432 e. The molecule has 23 atom stereocenters. The van der Waals surface area contributed by atoms with Crippen LogP contribution in [0.5, 0.6) is 0 Å². The molecule has 11 N–H and O–H groups in total. The van der Waals surface area contributed by atoms with Gasteiger partial charge in [0.2, 0.25) is 6.29 Å². The summed E-state index contributed by atoms with van der Waals surface area (Å²) in [4.78, 5) is 14.9. The Morgan fingerprint density at radius 1 is 0.692 bits per heavy atom. The van der Waals surface area contributed by atoms with Crippen molar-refractivity contribution < 1.29 is 89.4 Å². The van der Waals surface area contributed by atoms with Crippen molar-refractivity contribution in [3.05, 3.63) is 11.6 Å². The van der Waals surface area contributed by atoms with Crippen molar-refractivity contribution >= 4 is 5.97 Å². The molecule has 0 spiro atoms. The lowest BCUT2D eigenvalue weighted by Gasteiger charge is -2.71. The molecule has 372 valence electrons. The molecule has 4 saturated carbocycles. The molecule has 0 aromatic rings. The van der Waals surface area contributed by atoms with Gasteiger partial charge in [-0.15, -0.1) is 0 Å². The normalized spacial score (nSPS) is 54.3. The first-order chi connectivity index (χ1) is 30.4. The number of carbonyl (C=O) groups is 1.